The minimum Gasteiger partial charge on any atom is -0.478 e. The Morgan fingerprint density at radius 2 is 1.90 bits per heavy atom. The molecule has 4 rings (SSSR count). The largest absolute Gasteiger partial charge is 0.478 e. The molecule has 0 bridgehead atoms. The van der Waals surface area contributed by atoms with Gasteiger partial charge in [-0.3, -0.25) is 4.79 Å². The van der Waals surface area contributed by atoms with E-state index in [1.807, 2.05) is 24.3 Å². The van der Waals surface area contributed by atoms with Gasteiger partial charge in [0.2, 0.25) is 5.91 Å². The van der Waals surface area contributed by atoms with Gasteiger partial charge in [-0.15, -0.1) is 0 Å². The van der Waals surface area contributed by atoms with Crippen LogP contribution in [0.15, 0.2) is 42.5 Å². The Bertz CT molecular complexity index is 1130. The lowest BCUT2D eigenvalue weighted by Crippen LogP contribution is -2.17. The molecule has 1 amide bonds. The van der Waals surface area contributed by atoms with Gasteiger partial charge >= 0.3 is 5.97 Å². The van der Waals surface area contributed by atoms with Crippen molar-refractivity contribution >= 4 is 22.8 Å². The highest BCUT2D eigenvalue weighted by atomic mass is 16.4. The van der Waals surface area contributed by atoms with Gasteiger partial charge in [0.15, 0.2) is 0 Å². The van der Waals surface area contributed by atoms with Gasteiger partial charge in [0.05, 0.1) is 11.1 Å². The number of amides is 1. The van der Waals surface area contributed by atoms with Crippen LogP contribution in [-0.2, 0) is 19.4 Å². The van der Waals surface area contributed by atoms with Gasteiger partial charge in [0, 0.05) is 23.2 Å². The standard InChI is InChI=1S/C26H30N2O3/c1-2-3-8-17-9-6-12-20-21-13-7-14-22(26(30)31)24(21)28(23(20)15-17)16-18-10-4-5-11-19(18)25(27)29/h4-5,7,10-11,13-14,17H,2-3,6,8-9,12,15-16H2,1H3,(H2,27,29)(H,30,31). The number of carbonyl (C=O) groups is 2. The lowest BCUT2D eigenvalue weighted by molar-refractivity contribution is 0.0698. The summed E-state index contributed by atoms with van der Waals surface area (Å²) in [4.78, 5) is 24.1. The fourth-order valence-electron chi connectivity index (χ4n) is 5.14. The number of nitrogens with two attached hydrogens (primary N) is 1. The number of para-hydroxylation sites is 1. The number of carboxylic acid groups (broad SMARTS) is 1. The van der Waals surface area contributed by atoms with Gasteiger partial charge < -0.3 is 15.4 Å². The molecule has 1 heterocycles. The molecule has 162 valence electrons. The summed E-state index contributed by atoms with van der Waals surface area (Å²) in [6.45, 7) is 2.66. The van der Waals surface area contributed by atoms with Crippen LogP contribution in [0, 0.1) is 5.92 Å². The second-order valence-electron chi connectivity index (χ2n) is 8.64. The second kappa shape index (κ2) is 8.96. The lowest BCUT2D eigenvalue weighted by atomic mass is 9.94. The van der Waals surface area contributed by atoms with Gasteiger partial charge in [-0.05, 0) is 54.9 Å². The SMILES string of the molecule is CCCCC1CCCc2c(n(Cc3ccccc3C(N)=O)c3c(C(=O)O)cccc23)C1. The van der Waals surface area contributed by atoms with Crippen LogP contribution in [0.2, 0.25) is 0 Å². The highest BCUT2D eigenvalue weighted by Crippen LogP contribution is 2.37. The van der Waals surface area contributed by atoms with Crippen molar-refractivity contribution in [1.29, 1.82) is 0 Å². The molecule has 0 saturated heterocycles. The lowest BCUT2D eigenvalue weighted by Gasteiger charge is -2.18. The van der Waals surface area contributed by atoms with Crippen molar-refractivity contribution in [2.24, 2.45) is 11.7 Å². The minimum atomic E-state index is -0.926. The van der Waals surface area contributed by atoms with Crippen molar-refractivity contribution in [3.05, 3.63) is 70.4 Å². The predicted octanol–water partition coefficient (Wildman–Crippen LogP) is 5.17. The fraction of sp³-hybridized carbons (Fsp3) is 0.385. The van der Waals surface area contributed by atoms with E-state index in [0.29, 0.717) is 23.6 Å². The van der Waals surface area contributed by atoms with Crippen LogP contribution in [0.3, 0.4) is 0 Å². The second-order valence-corrected chi connectivity index (χ2v) is 8.64. The first-order valence-corrected chi connectivity index (χ1v) is 11.2. The van der Waals surface area contributed by atoms with Crippen molar-refractivity contribution in [2.45, 2.75) is 58.4 Å². The zero-order valence-electron chi connectivity index (χ0n) is 18.1. The van der Waals surface area contributed by atoms with Crippen LogP contribution in [0.4, 0.5) is 0 Å². The van der Waals surface area contributed by atoms with Gasteiger partial charge in [-0.2, -0.15) is 0 Å². The first-order valence-electron chi connectivity index (χ1n) is 11.2. The highest BCUT2D eigenvalue weighted by molar-refractivity contribution is 6.04. The number of hydrogen-bond acceptors (Lipinski definition) is 2. The van der Waals surface area contributed by atoms with Crippen molar-refractivity contribution in [2.75, 3.05) is 0 Å². The molecule has 1 unspecified atom stereocenters. The third-order valence-corrected chi connectivity index (χ3v) is 6.63. The number of aromatic nitrogens is 1. The first kappa shape index (κ1) is 21.2. The molecule has 1 atom stereocenters. The zero-order chi connectivity index (χ0) is 22.0. The summed E-state index contributed by atoms with van der Waals surface area (Å²) >= 11 is 0. The van der Waals surface area contributed by atoms with Crippen molar-refractivity contribution in [1.82, 2.24) is 4.57 Å². The maximum Gasteiger partial charge on any atom is 0.337 e. The monoisotopic (exact) mass is 418 g/mol. The van der Waals surface area contributed by atoms with Crippen LogP contribution in [0.25, 0.3) is 10.9 Å². The molecule has 3 N–H and O–H groups in total. The van der Waals surface area contributed by atoms with E-state index >= 15 is 0 Å². The Morgan fingerprint density at radius 3 is 2.65 bits per heavy atom. The van der Waals surface area contributed by atoms with E-state index in [9.17, 15) is 14.7 Å². The molecule has 1 aliphatic rings. The molecule has 31 heavy (non-hydrogen) atoms. The number of aryl methyl sites for hydroxylation is 1. The van der Waals surface area contributed by atoms with Gasteiger partial charge in [0.25, 0.3) is 0 Å². The molecule has 1 aliphatic carbocycles. The maximum atomic E-state index is 12.1. The third kappa shape index (κ3) is 4.09. The summed E-state index contributed by atoms with van der Waals surface area (Å²) in [5.41, 5.74) is 10.5. The van der Waals surface area contributed by atoms with E-state index in [-0.39, 0.29) is 0 Å². The summed E-state index contributed by atoms with van der Waals surface area (Å²) in [6.07, 6.45) is 7.82. The number of aromatic carboxylic acids is 1. The van der Waals surface area contributed by atoms with Crippen LogP contribution in [-0.4, -0.2) is 21.6 Å². The van der Waals surface area contributed by atoms with Gasteiger partial charge in [-0.25, -0.2) is 4.79 Å². The average Bonchev–Trinajstić information content (AvgIpc) is 2.91. The summed E-state index contributed by atoms with van der Waals surface area (Å²) in [5.74, 6) is -0.786. The first-order chi connectivity index (χ1) is 15.0. The van der Waals surface area contributed by atoms with Gasteiger partial charge in [-0.1, -0.05) is 56.5 Å². The number of rotatable bonds is 7. The molecule has 3 aromatic rings. The third-order valence-electron chi connectivity index (χ3n) is 6.63. The molecular weight excluding hydrogens is 388 g/mol. The number of carbonyl (C=O) groups excluding carboxylic acids is 1. The van der Waals surface area contributed by atoms with Crippen LogP contribution in [0.1, 0.15) is 76.6 Å². The Labute approximate surface area is 182 Å². The van der Waals surface area contributed by atoms with Crippen LogP contribution < -0.4 is 5.73 Å². The molecule has 2 aromatic carbocycles. The van der Waals surface area contributed by atoms with E-state index in [2.05, 4.69) is 11.5 Å². The topological polar surface area (TPSA) is 85.3 Å². The summed E-state index contributed by atoms with van der Waals surface area (Å²) in [6, 6.07) is 12.9. The molecule has 0 aliphatic heterocycles. The van der Waals surface area contributed by atoms with Gasteiger partial charge in [0.1, 0.15) is 0 Å². The average molecular weight is 419 g/mol. The van der Waals surface area contributed by atoms with Crippen LogP contribution >= 0.6 is 0 Å². The highest BCUT2D eigenvalue weighted by Gasteiger charge is 2.26. The molecule has 5 heteroatoms. The Morgan fingerprint density at radius 1 is 1.13 bits per heavy atom. The molecule has 1 aromatic heterocycles. The number of nitrogens with zero attached hydrogens (tertiary/aromatic N) is 1. The maximum absolute atomic E-state index is 12.1. The summed E-state index contributed by atoms with van der Waals surface area (Å²) in [7, 11) is 0. The quantitative estimate of drug-likeness (QED) is 0.519. The molecule has 5 nitrogen and oxygen atoms in total. The molecule has 0 fully saturated rings. The van der Waals surface area contributed by atoms with E-state index in [1.54, 1.807) is 18.2 Å². The predicted molar refractivity (Wildman–Crippen MR) is 123 cm³/mol. The van der Waals surface area contributed by atoms with Crippen molar-refractivity contribution in [3.8, 4) is 0 Å². The number of fused-ring (bicyclic) bond motifs is 3. The number of hydrogen-bond donors (Lipinski definition) is 2. The van der Waals surface area contributed by atoms with Crippen LogP contribution in [0.5, 0.6) is 0 Å². The van der Waals surface area contributed by atoms with Crippen molar-refractivity contribution in [3.63, 3.8) is 0 Å². The Kier molecular flexibility index (Phi) is 6.12. The molecular formula is C26H30N2O3. The Balaban J connectivity index is 1.91. The van der Waals surface area contributed by atoms with E-state index in [0.717, 1.165) is 35.7 Å². The Hall–Kier alpha value is -3.08. The number of primary amides is 1. The molecule has 0 radical (unpaired) electrons. The number of carboxylic acids is 1. The normalized spacial score (nSPS) is 16.1. The summed E-state index contributed by atoms with van der Waals surface area (Å²) in [5, 5.41) is 10.9. The zero-order valence-corrected chi connectivity index (χ0v) is 18.1. The molecule has 0 spiro atoms. The van der Waals surface area contributed by atoms with Crippen molar-refractivity contribution < 1.29 is 14.7 Å². The smallest absolute Gasteiger partial charge is 0.337 e. The minimum absolute atomic E-state index is 0.312. The van der Waals surface area contributed by atoms with E-state index < -0.39 is 11.9 Å². The molecule has 0 saturated carbocycles. The number of unbranched alkanes of at least 4 members (excludes halogenated alkanes) is 1. The van der Waals surface area contributed by atoms with E-state index in [4.69, 9.17) is 5.73 Å². The van der Waals surface area contributed by atoms with E-state index in [1.165, 1.54) is 36.9 Å². The number of benzene rings is 2. The summed E-state index contributed by atoms with van der Waals surface area (Å²) < 4.78 is 2.15. The fourth-order valence-corrected chi connectivity index (χ4v) is 5.14.